The van der Waals surface area contributed by atoms with Gasteiger partial charge in [-0.05, 0) is 107 Å². The molecule has 6 nitrogen and oxygen atoms in total. The number of hydrogen-bond acceptors (Lipinski definition) is 6. The zero-order valence-electron chi connectivity index (χ0n) is 22.8. The van der Waals surface area contributed by atoms with Gasteiger partial charge in [0.15, 0.2) is 0 Å². The highest BCUT2D eigenvalue weighted by molar-refractivity contribution is 5.87. The molecule has 6 heteroatoms. The summed E-state index contributed by atoms with van der Waals surface area (Å²) in [5.74, 6) is 2.20. The maximum absolute atomic E-state index is 13.4. The molecule has 0 aromatic heterocycles. The van der Waals surface area contributed by atoms with Gasteiger partial charge in [-0.15, -0.1) is 6.58 Å². The summed E-state index contributed by atoms with van der Waals surface area (Å²) in [4.78, 5) is 36.8. The third-order valence-corrected chi connectivity index (χ3v) is 10.1. The quantitative estimate of drug-likeness (QED) is 0.119. The molecule has 0 aromatic carbocycles. The van der Waals surface area contributed by atoms with Crippen molar-refractivity contribution >= 4 is 11.9 Å². The molecule has 0 aliphatic heterocycles. The van der Waals surface area contributed by atoms with Crippen molar-refractivity contribution in [2.75, 3.05) is 13.7 Å². The van der Waals surface area contributed by atoms with Crippen molar-refractivity contribution in [3.63, 3.8) is 0 Å². The Hall–Kier alpha value is -1.40. The molecule has 0 bridgehead atoms. The number of carbonyl (C=O) groups excluding carboxylic acids is 2. The van der Waals surface area contributed by atoms with E-state index in [2.05, 4.69) is 13.5 Å². The molecular weight excluding hydrogens is 456 g/mol. The van der Waals surface area contributed by atoms with Gasteiger partial charge in [-0.25, -0.2) is 9.78 Å². The Morgan fingerprint density at radius 3 is 1.97 bits per heavy atom. The molecular formula is C30H48O6. The van der Waals surface area contributed by atoms with E-state index in [-0.39, 0.29) is 36.0 Å². The molecule has 4 rings (SSSR count). The van der Waals surface area contributed by atoms with Gasteiger partial charge in [0.05, 0.1) is 24.5 Å². The van der Waals surface area contributed by atoms with Gasteiger partial charge in [-0.1, -0.05) is 25.8 Å². The molecule has 36 heavy (non-hydrogen) atoms. The first-order valence-corrected chi connectivity index (χ1v) is 14.5. The van der Waals surface area contributed by atoms with Crippen molar-refractivity contribution in [2.24, 2.45) is 40.9 Å². The molecule has 0 heterocycles. The molecule has 4 aliphatic rings. The fourth-order valence-electron chi connectivity index (χ4n) is 7.78. The van der Waals surface area contributed by atoms with E-state index in [1.807, 2.05) is 6.92 Å². The SMILES string of the molecule is C=CCOOC1CCC(C2CCC(OC(=O)C3(C)CC(C4CCC(C)CC4)C3C(=O)OC)CC2)CC1. The number of carbonyl (C=O) groups is 2. The summed E-state index contributed by atoms with van der Waals surface area (Å²) in [6.45, 7) is 8.32. The number of rotatable bonds is 9. The van der Waals surface area contributed by atoms with Gasteiger partial charge in [0.2, 0.25) is 0 Å². The third-order valence-electron chi connectivity index (χ3n) is 10.1. The number of esters is 2. The molecule has 3 atom stereocenters. The minimum Gasteiger partial charge on any atom is -0.469 e. The van der Waals surface area contributed by atoms with Crippen LogP contribution in [0.5, 0.6) is 0 Å². The lowest BCUT2D eigenvalue weighted by Gasteiger charge is -2.53. The molecule has 0 saturated heterocycles. The lowest BCUT2D eigenvalue weighted by Crippen LogP contribution is -2.58. The van der Waals surface area contributed by atoms with E-state index in [9.17, 15) is 9.59 Å². The van der Waals surface area contributed by atoms with Crippen LogP contribution in [0.2, 0.25) is 0 Å². The number of hydrogen-bond donors (Lipinski definition) is 0. The van der Waals surface area contributed by atoms with Gasteiger partial charge in [-0.3, -0.25) is 9.59 Å². The molecule has 0 radical (unpaired) electrons. The molecule has 3 unspecified atom stereocenters. The van der Waals surface area contributed by atoms with Gasteiger partial charge >= 0.3 is 11.9 Å². The molecule has 4 saturated carbocycles. The molecule has 0 spiro atoms. The van der Waals surface area contributed by atoms with E-state index in [0.717, 1.165) is 69.6 Å². The van der Waals surface area contributed by atoms with Crippen molar-refractivity contribution in [3.05, 3.63) is 12.7 Å². The van der Waals surface area contributed by atoms with Crippen molar-refractivity contribution in [2.45, 2.75) is 110 Å². The summed E-state index contributed by atoms with van der Waals surface area (Å²) in [6.07, 6.45) is 15.9. The zero-order valence-corrected chi connectivity index (χ0v) is 22.8. The van der Waals surface area contributed by atoms with Crippen molar-refractivity contribution < 1.29 is 28.8 Å². The maximum Gasteiger partial charge on any atom is 0.312 e. The van der Waals surface area contributed by atoms with Gasteiger partial charge < -0.3 is 9.47 Å². The van der Waals surface area contributed by atoms with E-state index in [0.29, 0.717) is 18.4 Å². The fourth-order valence-corrected chi connectivity index (χ4v) is 7.78. The monoisotopic (exact) mass is 504 g/mol. The Morgan fingerprint density at radius 2 is 1.42 bits per heavy atom. The van der Waals surface area contributed by atoms with Crippen LogP contribution in [0.25, 0.3) is 0 Å². The standard InChI is InChI=1S/C30H48O6/c1-5-18-34-36-25-16-12-22(13-17-25)21-10-14-24(15-11-21)35-29(32)30(3)19-26(27(30)28(31)33-4)23-8-6-20(2)7-9-23/h5,20-27H,1,6-19H2,2-4H3. The van der Waals surface area contributed by atoms with Crippen molar-refractivity contribution in [1.29, 1.82) is 0 Å². The Bertz CT molecular complexity index is 743. The Kier molecular flexibility index (Phi) is 9.54. The van der Waals surface area contributed by atoms with E-state index < -0.39 is 5.41 Å². The average Bonchev–Trinajstić information content (AvgIpc) is 2.88. The van der Waals surface area contributed by atoms with E-state index in [4.69, 9.17) is 19.2 Å². The molecule has 0 N–H and O–H groups in total. The lowest BCUT2D eigenvalue weighted by atomic mass is 9.49. The number of ether oxygens (including phenoxy) is 2. The van der Waals surface area contributed by atoms with Crippen LogP contribution in [0.1, 0.15) is 97.3 Å². The summed E-state index contributed by atoms with van der Waals surface area (Å²) >= 11 is 0. The smallest absolute Gasteiger partial charge is 0.312 e. The minimum absolute atomic E-state index is 0.0228. The van der Waals surface area contributed by atoms with E-state index >= 15 is 0 Å². The normalized spacial score (nSPS) is 41.1. The first-order chi connectivity index (χ1) is 17.4. The van der Waals surface area contributed by atoms with Crippen LogP contribution in [0.15, 0.2) is 12.7 Å². The second kappa shape index (κ2) is 12.4. The molecule has 4 aliphatic carbocycles. The molecule has 204 valence electrons. The van der Waals surface area contributed by atoms with E-state index in [1.54, 1.807) is 6.08 Å². The van der Waals surface area contributed by atoms with Crippen molar-refractivity contribution in [1.82, 2.24) is 0 Å². The molecule has 0 aromatic rings. The largest absolute Gasteiger partial charge is 0.469 e. The predicted octanol–water partition coefficient (Wildman–Crippen LogP) is 6.42. The van der Waals surface area contributed by atoms with Crippen LogP contribution >= 0.6 is 0 Å². The average molecular weight is 505 g/mol. The Morgan fingerprint density at radius 1 is 0.861 bits per heavy atom. The fraction of sp³-hybridized carbons (Fsp3) is 0.867. The first kappa shape index (κ1) is 27.6. The Labute approximate surface area is 217 Å². The second-order valence-corrected chi connectivity index (χ2v) is 12.5. The molecule has 4 fully saturated rings. The van der Waals surface area contributed by atoms with E-state index in [1.165, 1.54) is 32.8 Å². The number of methoxy groups -OCH3 is 1. The van der Waals surface area contributed by atoms with Gasteiger partial charge in [0.1, 0.15) is 12.7 Å². The van der Waals surface area contributed by atoms with Gasteiger partial charge in [0.25, 0.3) is 0 Å². The summed E-state index contributed by atoms with van der Waals surface area (Å²) in [5.41, 5.74) is -0.746. The zero-order chi connectivity index (χ0) is 25.7. The minimum atomic E-state index is -0.746. The van der Waals surface area contributed by atoms with Gasteiger partial charge in [-0.2, -0.15) is 0 Å². The van der Waals surface area contributed by atoms with Crippen LogP contribution in [0.3, 0.4) is 0 Å². The van der Waals surface area contributed by atoms with Crippen LogP contribution in [0, 0.1) is 40.9 Å². The van der Waals surface area contributed by atoms with Crippen molar-refractivity contribution in [3.8, 4) is 0 Å². The maximum atomic E-state index is 13.4. The van der Waals surface area contributed by atoms with Crippen LogP contribution in [0.4, 0.5) is 0 Å². The lowest BCUT2D eigenvalue weighted by molar-refractivity contribution is -0.322. The summed E-state index contributed by atoms with van der Waals surface area (Å²) in [7, 11) is 1.45. The summed E-state index contributed by atoms with van der Waals surface area (Å²) in [5, 5.41) is 0. The van der Waals surface area contributed by atoms with Crippen LogP contribution in [-0.4, -0.2) is 37.9 Å². The van der Waals surface area contributed by atoms with Gasteiger partial charge in [0, 0.05) is 0 Å². The topological polar surface area (TPSA) is 71.1 Å². The second-order valence-electron chi connectivity index (χ2n) is 12.5. The molecule has 0 amide bonds. The highest BCUT2D eigenvalue weighted by atomic mass is 17.2. The highest BCUT2D eigenvalue weighted by Gasteiger charge is 2.62. The van der Waals surface area contributed by atoms with Crippen LogP contribution in [-0.2, 0) is 28.8 Å². The van der Waals surface area contributed by atoms with Crippen LogP contribution < -0.4 is 0 Å². The first-order valence-electron chi connectivity index (χ1n) is 14.5. The Balaban J connectivity index is 1.23. The summed E-state index contributed by atoms with van der Waals surface area (Å²) < 4.78 is 11.3. The summed E-state index contributed by atoms with van der Waals surface area (Å²) in [6, 6.07) is 0. The third kappa shape index (κ3) is 6.18. The highest BCUT2D eigenvalue weighted by Crippen LogP contribution is 2.58. The predicted molar refractivity (Wildman–Crippen MR) is 138 cm³/mol.